The van der Waals surface area contributed by atoms with Crippen LogP contribution in [0.4, 0.5) is 5.69 Å². The van der Waals surface area contributed by atoms with E-state index < -0.39 is 17.4 Å². The maximum Gasteiger partial charge on any atom is 0.158 e. The van der Waals surface area contributed by atoms with Gasteiger partial charge in [0.2, 0.25) is 0 Å². The number of nitrogens with one attached hydrogen (secondary N) is 1. The van der Waals surface area contributed by atoms with Crippen LogP contribution in [0.15, 0.2) is 71.9 Å². The molecule has 27 heavy (non-hydrogen) atoms. The molecular weight excluding hydrogens is 338 g/mol. The van der Waals surface area contributed by atoms with Gasteiger partial charge >= 0.3 is 0 Å². The van der Waals surface area contributed by atoms with Gasteiger partial charge in [-0.3, -0.25) is 9.59 Å². The van der Waals surface area contributed by atoms with E-state index in [9.17, 15) is 14.7 Å². The highest BCUT2D eigenvalue weighted by atomic mass is 16.3. The summed E-state index contributed by atoms with van der Waals surface area (Å²) in [5.74, 6) is -1.38. The molecule has 2 aromatic rings. The Balaban J connectivity index is 2.20. The Bertz CT molecular complexity index is 869. The van der Waals surface area contributed by atoms with E-state index in [1.54, 1.807) is 6.92 Å². The Morgan fingerprint density at radius 2 is 1.56 bits per heavy atom. The van der Waals surface area contributed by atoms with Crippen LogP contribution >= 0.6 is 0 Å². The van der Waals surface area contributed by atoms with E-state index in [-0.39, 0.29) is 18.0 Å². The first-order chi connectivity index (χ1) is 12.8. The van der Waals surface area contributed by atoms with Gasteiger partial charge in [-0.05, 0) is 38.5 Å². The lowest BCUT2D eigenvalue weighted by Crippen LogP contribution is -2.48. The Morgan fingerprint density at radius 3 is 2.07 bits per heavy atom. The van der Waals surface area contributed by atoms with Gasteiger partial charge in [-0.2, -0.15) is 0 Å². The number of carbonyl (C=O) groups excluding carboxylic acids is 2. The maximum absolute atomic E-state index is 12.7. The molecule has 0 aliphatic heterocycles. The normalized spacial score (nSPS) is 25.2. The molecule has 0 amide bonds. The highest BCUT2D eigenvalue weighted by molar-refractivity contribution is 5.98. The van der Waals surface area contributed by atoms with Gasteiger partial charge in [-0.25, -0.2) is 0 Å². The number of para-hydroxylation sites is 1. The van der Waals surface area contributed by atoms with Crippen LogP contribution < -0.4 is 5.32 Å². The molecule has 0 radical (unpaired) electrons. The van der Waals surface area contributed by atoms with Crippen LogP contribution in [0.3, 0.4) is 0 Å². The van der Waals surface area contributed by atoms with E-state index >= 15 is 0 Å². The van der Waals surface area contributed by atoms with Crippen LogP contribution in [-0.2, 0) is 9.59 Å². The highest BCUT2D eigenvalue weighted by Gasteiger charge is 2.49. The molecule has 140 valence electrons. The smallest absolute Gasteiger partial charge is 0.158 e. The van der Waals surface area contributed by atoms with Gasteiger partial charge in [0, 0.05) is 29.3 Å². The Labute approximate surface area is 159 Å². The zero-order valence-electron chi connectivity index (χ0n) is 15.9. The third kappa shape index (κ3) is 3.86. The quantitative estimate of drug-likeness (QED) is 0.840. The van der Waals surface area contributed by atoms with Crippen molar-refractivity contribution >= 4 is 17.3 Å². The van der Waals surface area contributed by atoms with E-state index in [2.05, 4.69) is 5.32 Å². The fourth-order valence-corrected chi connectivity index (χ4v) is 4.21. The van der Waals surface area contributed by atoms with Crippen LogP contribution in [0.5, 0.6) is 0 Å². The third-order valence-corrected chi connectivity index (χ3v) is 5.22. The summed E-state index contributed by atoms with van der Waals surface area (Å²) in [6, 6.07) is 19.0. The predicted molar refractivity (Wildman–Crippen MR) is 106 cm³/mol. The lowest BCUT2D eigenvalue weighted by Gasteiger charge is -2.43. The third-order valence-electron chi connectivity index (χ3n) is 5.22. The lowest BCUT2D eigenvalue weighted by atomic mass is 9.64. The number of aliphatic hydroxyl groups is 1. The zero-order chi connectivity index (χ0) is 19.6. The van der Waals surface area contributed by atoms with E-state index in [1.165, 1.54) is 13.8 Å². The van der Waals surface area contributed by atoms with E-state index in [0.717, 1.165) is 11.3 Å². The average molecular weight is 363 g/mol. The van der Waals surface area contributed by atoms with Crippen molar-refractivity contribution in [2.45, 2.75) is 38.7 Å². The molecule has 1 aliphatic carbocycles. The largest absolute Gasteiger partial charge is 0.389 e. The number of ketones is 2. The van der Waals surface area contributed by atoms with Crippen LogP contribution in [0.2, 0.25) is 0 Å². The number of allylic oxidation sites excluding steroid dienone is 1. The standard InChI is InChI=1S/C23H25NO3/c1-15(25)20-19(24-18-12-8-5-9-13-18)14-23(3,27)22(16(2)26)21(20)17-10-6-4-7-11-17/h4-13,21-22,24,27H,14H2,1-3H3/t21-,22-,23-/m1/s1. The number of Topliss-reactive ketones (excluding diaryl/α,β-unsaturated/α-hetero) is 2. The maximum atomic E-state index is 12.7. The first kappa shape index (κ1) is 19.1. The van der Waals surface area contributed by atoms with Gasteiger partial charge in [0.15, 0.2) is 5.78 Å². The fourth-order valence-electron chi connectivity index (χ4n) is 4.21. The van der Waals surface area contributed by atoms with Crippen molar-refractivity contribution in [3.05, 3.63) is 77.5 Å². The molecule has 0 spiro atoms. The molecule has 0 heterocycles. The van der Waals surface area contributed by atoms with Crippen LogP contribution in [0.1, 0.15) is 38.7 Å². The predicted octanol–water partition coefficient (Wildman–Crippen LogP) is 4.09. The molecule has 4 nitrogen and oxygen atoms in total. The summed E-state index contributed by atoms with van der Waals surface area (Å²) in [6.45, 7) is 4.69. The number of rotatable bonds is 5. The van der Waals surface area contributed by atoms with Gasteiger partial charge < -0.3 is 10.4 Å². The van der Waals surface area contributed by atoms with Crippen molar-refractivity contribution in [1.82, 2.24) is 0 Å². The van der Waals surface area contributed by atoms with Crippen molar-refractivity contribution in [2.24, 2.45) is 5.92 Å². The molecule has 2 aromatic carbocycles. The van der Waals surface area contributed by atoms with Crippen molar-refractivity contribution in [2.75, 3.05) is 5.32 Å². The van der Waals surface area contributed by atoms with Crippen molar-refractivity contribution in [1.29, 1.82) is 0 Å². The zero-order valence-corrected chi connectivity index (χ0v) is 15.9. The second-order valence-corrected chi connectivity index (χ2v) is 7.45. The Hall–Kier alpha value is -2.72. The number of benzene rings is 2. The highest BCUT2D eigenvalue weighted by Crippen LogP contribution is 2.47. The van der Waals surface area contributed by atoms with E-state index in [0.29, 0.717) is 11.3 Å². The molecule has 0 saturated carbocycles. The molecular formula is C23H25NO3. The van der Waals surface area contributed by atoms with Crippen molar-refractivity contribution in [3.63, 3.8) is 0 Å². The molecule has 0 saturated heterocycles. The number of carbonyl (C=O) groups is 2. The first-order valence-corrected chi connectivity index (χ1v) is 9.15. The summed E-state index contributed by atoms with van der Waals surface area (Å²) in [5.41, 5.74) is 1.68. The number of anilines is 1. The summed E-state index contributed by atoms with van der Waals surface area (Å²) in [5, 5.41) is 14.5. The van der Waals surface area contributed by atoms with Crippen LogP contribution in [0.25, 0.3) is 0 Å². The minimum absolute atomic E-state index is 0.0935. The number of hydrogen-bond acceptors (Lipinski definition) is 4. The monoisotopic (exact) mass is 363 g/mol. The summed E-state index contributed by atoms with van der Waals surface area (Å²) in [7, 11) is 0. The van der Waals surface area contributed by atoms with E-state index in [1.807, 2.05) is 60.7 Å². The Morgan fingerprint density at radius 1 is 1.00 bits per heavy atom. The van der Waals surface area contributed by atoms with Gasteiger partial charge in [0.05, 0.1) is 11.5 Å². The molecule has 0 bridgehead atoms. The summed E-state index contributed by atoms with van der Waals surface area (Å²) >= 11 is 0. The summed E-state index contributed by atoms with van der Waals surface area (Å²) in [4.78, 5) is 25.2. The van der Waals surface area contributed by atoms with Gasteiger partial charge in [-0.15, -0.1) is 0 Å². The first-order valence-electron chi connectivity index (χ1n) is 9.15. The molecule has 0 unspecified atom stereocenters. The molecule has 4 heteroatoms. The van der Waals surface area contributed by atoms with E-state index in [4.69, 9.17) is 0 Å². The fraction of sp³-hybridized carbons (Fsp3) is 0.304. The second-order valence-electron chi connectivity index (χ2n) is 7.45. The van der Waals surface area contributed by atoms with Crippen molar-refractivity contribution in [3.8, 4) is 0 Å². The lowest BCUT2D eigenvalue weighted by molar-refractivity contribution is -0.131. The molecule has 0 fully saturated rings. The summed E-state index contributed by atoms with van der Waals surface area (Å²) in [6.07, 6.45) is 0.213. The minimum Gasteiger partial charge on any atom is -0.389 e. The topological polar surface area (TPSA) is 66.4 Å². The second kappa shape index (κ2) is 7.49. The molecule has 3 atom stereocenters. The number of hydrogen-bond donors (Lipinski definition) is 2. The molecule has 3 rings (SSSR count). The van der Waals surface area contributed by atoms with Gasteiger partial charge in [-0.1, -0.05) is 48.5 Å². The van der Waals surface area contributed by atoms with Gasteiger partial charge in [0.25, 0.3) is 0 Å². The van der Waals surface area contributed by atoms with Gasteiger partial charge in [0.1, 0.15) is 5.78 Å². The minimum atomic E-state index is -1.26. The average Bonchev–Trinajstić information content (AvgIpc) is 2.61. The van der Waals surface area contributed by atoms with Crippen molar-refractivity contribution < 1.29 is 14.7 Å². The molecule has 1 aliphatic rings. The molecule has 2 N–H and O–H groups in total. The molecule has 0 aromatic heterocycles. The van der Waals surface area contributed by atoms with Crippen LogP contribution in [-0.4, -0.2) is 22.3 Å². The SMILES string of the molecule is CC(=O)C1=C(Nc2ccccc2)C[C@@](C)(O)[C@H](C(C)=O)[C@@H]1c1ccccc1. The Kier molecular flexibility index (Phi) is 5.29. The van der Waals surface area contributed by atoms with Crippen LogP contribution in [0, 0.1) is 5.92 Å². The summed E-state index contributed by atoms with van der Waals surface area (Å²) < 4.78 is 0.